The molecule has 7 heteroatoms. The monoisotopic (exact) mass is 428 g/mol. The van der Waals surface area contributed by atoms with Crippen molar-refractivity contribution in [2.45, 2.75) is 32.7 Å². The van der Waals surface area contributed by atoms with Gasteiger partial charge in [0.15, 0.2) is 0 Å². The zero-order valence-electron chi connectivity index (χ0n) is 17.3. The zero-order chi connectivity index (χ0) is 21.3. The minimum Gasteiger partial charge on any atom is -0.338 e. The maximum absolute atomic E-state index is 12.4. The number of hydrogen-bond donors (Lipinski definition) is 3. The highest BCUT2D eigenvalue weighted by atomic mass is 35.5. The maximum Gasteiger partial charge on any atom is 0.321 e. The van der Waals surface area contributed by atoms with E-state index in [0.717, 1.165) is 37.9 Å². The van der Waals surface area contributed by atoms with Crippen molar-refractivity contribution in [3.8, 4) is 0 Å². The van der Waals surface area contributed by atoms with E-state index in [-0.39, 0.29) is 12.1 Å². The van der Waals surface area contributed by atoms with Crippen molar-refractivity contribution >= 4 is 29.4 Å². The van der Waals surface area contributed by atoms with Gasteiger partial charge in [-0.1, -0.05) is 47.5 Å². The third kappa shape index (κ3) is 6.95. The van der Waals surface area contributed by atoms with Crippen molar-refractivity contribution in [1.29, 1.82) is 0 Å². The van der Waals surface area contributed by atoms with Gasteiger partial charge in [-0.2, -0.15) is 0 Å². The number of amides is 4. The molecule has 1 saturated heterocycles. The van der Waals surface area contributed by atoms with Crippen LogP contribution in [0.1, 0.15) is 30.4 Å². The molecule has 2 aromatic carbocycles. The summed E-state index contributed by atoms with van der Waals surface area (Å²) in [5.41, 5.74) is 2.99. The van der Waals surface area contributed by atoms with E-state index in [1.54, 1.807) is 12.1 Å². The molecule has 0 unspecified atom stereocenters. The number of aryl methyl sites for hydroxylation is 1. The fourth-order valence-electron chi connectivity index (χ4n) is 3.53. The summed E-state index contributed by atoms with van der Waals surface area (Å²) in [6.45, 7) is 4.64. The van der Waals surface area contributed by atoms with Gasteiger partial charge in [-0.15, -0.1) is 0 Å². The Morgan fingerprint density at radius 2 is 1.80 bits per heavy atom. The highest BCUT2D eigenvalue weighted by Gasteiger charge is 2.22. The fourth-order valence-corrected chi connectivity index (χ4v) is 3.72. The van der Waals surface area contributed by atoms with E-state index < -0.39 is 0 Å². The standard InChI is InChI=1S/C23H29ClN4O2/c1-17-5-7-19(8-6-17)16-26-22(29)25-12-9-18-10-13-28(14-11-18)23(30)27-21-4-2-3-20(24)15-21/h2-8,15,18H,9-14,16H2,1H3,(H,27,30)(H2,25,26,29). The van der Waals surface area contributed by atoms with Crippen LogP contribution in [0.25, 0.3) is 0 Å². The minimum absolute atomic E-state index is 0.0932. The van der Waals surface area contributed by atoms with E-state index in [4.69, 9.17) is 11.6 Å². The van der Waals surface area contributed by atoms with E-state index in [0.29, 0.717) is 29.7 Å². The lowest BCUT2D eigenvalue weighted by atomic mass is 9.94. The van der Waals surface area contributed by atoms with Crippen molar-refractivity contribution in [1.82, 2.24) is 15.5 Å². The molecule has 0 radical (unpaired) electrons. The van der Waals surface area contributed by atoms with Gasteiger partial charge in [0.1, 0.15) is 0 Å². The Balaban J connectivity index is 1.30. The number of rotatable bonds is 6. The molecule has 2 aromatic rings. The van der Waals surface area contributed by atoms with Gasteiger partial charge in [-0.25, -0.2) is 9.59 Å². The molecular formula is C23H29ClN4O2. The van der Waals surface area contributed by atoms with Crippen LogP contribution in [0.4, 0.5) is 15.3 Å². The van der Waals surface area contributed by atoms with Crippen LogP contribution in [0, 0.1) is 12.8 Å². The van der Waals surface area contributed by atoms with Crippen LogP contribution in [-0.4, -0.2) is 36.6 Å². The summed E-state index contributed by atoms with van der Waals surface area (Å²) in [5, 5.41) is 9.30. The number of carbonyl (C=O) groups is 2. The van der Waals surface area contributed by atoms with Crippen LogP contribution in [0.2, 0.25) is 5.02 Å². The average molecular weight is 429 g/mol. The lowest BCUT2D eigenvalue weighted by Gasteiger charge is -2.32. The van der Waals surface area contributed by atoms with E-state index in [2.05, 4.69) is 16.0 Å². The van der Waals surface area contributed by atoms with E-state index >= 15 is 0 Å². The predicted molar refractivity (Wildman–Crippen MR) is 121 cm³/mol. The number of hydrogen-bond acceptors (Lipinski definition) is 2. The van der Waals surface area contributed by atoms with Gasteiger partial charge in [-0.3, -0.25) is 0 Å². The second kappa shape index (κ2) is 10.9. The van der Waals surface area contributed by atoms with Crippen LogP contribution in [0.3, 0.4) is 0 Å². The Hall–Kier alpha value is -2.73. The summed E-state index contributed by atoms with van der Waals surface area (Å²) in [5.74, 6) is 0.512. The normalized spacial score (nSPS) is 14.3. The summed E-state index contributed by atoms with van der Waals surface area (Å²) < 4.78 is 0. The molecule has 160 valence electrons. The Kier molecular flexibility index (Phi) is 7.97. The lowest BCUT2D eigenvalue weighted by Crippen LogP contribution is -2.42. The van der Waals surface area contributed by atoms with Crippen LogP contribution in [-0.2, 0) is 6.54 Å². The van der Waals surface area contributed by atoms with Gasteiger partial charge in [0.2, 0.25) is 0 Å². The Morgan fingerprint density at radius 3 is 2.50 bits per heavy atom. The summed E-state index contributed by atoms with van der Waals surface area (Å²) in [6, 6.07) is 15.0. The van der Waals surface area contributed by atoms with Crippen molar-refractivity contribution in [2.24, 2.45) is 5.92 Å². The molecule has 0 bridgehead atoms. The molecule has 4 amide bonds. The zero-order valence-corrected chi connectivity index (χ0v) is 18.0. The van der Waals surface area contributed by atoms with Crippen molar-refractivity contribution < 1.29 is 9.59 Å². The van der Waals surface area contributed by atoms with Crippen LogP contribution in [0.5, 0.6) is 0 Å². The largest absolute Gasteiger partial charge is 0.338 e. The summed E-state index contributed by atoms with van der Waals surface area (Å²) in [6.07, 6.45) is 2.80. The molecule has 1 aliphatic rings. The molecule has 1 heterocycles. The van der Waals surface area contributed by atoms with Crippen molar-refractivity contribution in [2.75, 3.05) is 25.0 Å². The van der Waals surface area contributed by atoms with Crippen LogP contribution < -0.4 is 16.0 Å². The number of benzene rings is 2. The molecular weight excluding hydrogens is 400 g/mol. The van der Waals surface area contributed by atoms with Gasteiger partial charge >= 0.3 is 12.1 Å². The van der Waals surface area contributed by atoms with E-state index in [1.165, 1.54) is 5.56 Å². The molecule has 3 rings (SSSR count). The maximum atomic E-state index is 12.4. The number of anilines is 1. The number of piperidine rings is 1. The van der Waals surface area contributed by atoms with E-state index in [1.807, 2.05) is 48.2 Å². The third-order valence-electron chi connectivity index (χ3n) is 5.39. The lowest BCUT2D eigenvalue weighted by molar-refractivity contribution is 0.179. The van der Waals surface area contributed by atoms with E-state index in [9.17, 15) is 9.59 Å². The number of likely N-dealkylation sites (tertiary alicyclic amines) is 1. The topological polar surface area (TPSA) is 73.5 Å². The first-order chi connectivity index (χ1) is 14.5. The highest BCUT2D eigenvalue weighted by Crippen LogP contribution is 2.21. The molecule has 0 atom stereocenters. The SMILES string of the molecule is Cc1ccc(CNC(=O)NCCC2CCN(C(=O)Nc3cccc(Cl)c3)CC2)cc1. The molecule has 0 saturated carbocycles. The number of halogens is 1. The Bertz CT molecular complexity index is 849. The second-order valence-corrected chi connectivity index (χ2v) is 8.19. The van der Waals surface area contributed by atoms with Gasteiger partial charge in [0.25, 0.3) is 0 Å². The smallest absolute Gasteiger partial charge is 0.321 e. The van der Waals surface area contributed by atoms with Gasteiger partial charge < -0.3 is 20.9 Å². The Morgan fingerprint density at radius 1 is 1.07 bits per heavy atom. The molecule has 3 N–H and O–H groups in total. The highest BCUT2D eigenvalue weighted by molar-refractivity contribution is 6.30. The fraction of sp³-hybridized carbons (Fsp3) is 0.391. The molecule has 0 aliphatic carbocycles. The van der Waals surface area contributed by atoms with Crippen LogP contribution >= 0.6 is 11.6 Å². The summed E-state index contributed by atoms with van der Waals surface area (Å²) in [7, 11) is 0. The number of nitrogens with zero attached hydrogens (tertiary/aromatic N) is 1. The summed E-state index contributed by atoms with van der Waals surface area (Å²) >= 11 is 5.96. The first-order valence-corrected chi connectivity index (χ1v) is 10.8. The number of urea groups is 2. The Labute approximate surface area is 183 Å². The van der Waals surface area contributed by atoms with Gasteiger partial charge in [0, 0.05) is 36.9 Å². The first kappa shape index (κ1) is 22.0. The van der Waals surface area contributed by atoms with Crippen molar-refractivity contribution in [3.63, 3.8) is 0 Å². The second-order valence-electron chi connectivity index (χ2n) is 7.75. The molecule has 1 fully saturated rings. The molecule has 30 heavy (non-hydrogen) atoms. The molecule has 6 nitrogen and oxygen atoms in total. The minimum atomic E-state index is -0.145. The number of carbonyl (C=O) groups excluding carboxylic acids is 2. The molecule has 1 aliphatic heterocycles. The predicted octanol–water partition coefficient (Wildman–Crippen LogP) is 4.78. The molecule has 0 aromatic heterocycles. The van der Waals surface area contributed by atoms with Gasteiger partial charge in [0.05, 0.1) is 0 Å². The summed E-state index contributed by atoms with van der Waals surface area (Å²) in [4.78, 5) is 26.2. The quantitative estimate of drug-likeness (QED) is 0.619. The number of nitrogens with one attached hydrogen (secondary N) is 3. The van der Waals surface area contributed by atoms with Crippen LogP contribution in [0.15, 0.2) is 48.5 Å². The molecule has 0 spiro atoms. The average Bonchev–Trinajstić information content (AvgIpc) is 2.74. The first-order valence-electron chi connectivity index (χ1n) is 10.4. The van der Waals surface area contributed by atoms with Gasteiger partial charge in [-0.05, 0) is 55.9 Å². The van der Waals surface area contributed by atoms with Crippen molar-refractivity contribution in [3.05, 3.63) is 64.7 Å². The third-order valence-corrected chi connectivity index (χ3v) is 5.62.